The van der Waals surface area contributed by atoms with Crippen molar-refractivity contribution in [3.05, 3.63) is 87.8 Å². The van der Waals surface area contributed by atoms with E-state index in [1.54, 1.807) is 25.4 Å². The highest BCUT2D eigenvalue weighted by molar-refractivity contribution is 7.99. The summed E-state index contributed by atoms with van der Waals surface area (Å²) in [7, 11) is 1.62. The number of hydrogen-bond donors (Lipinski definition) is 6. The number of amides is 3. The number of aromatic amines is 1. The van der Waals surface area contributed by atoms with Gasteiger partial charge in [0.1, 0.15) is 12.1 Å². The van der Waals surface area contributed by atoms with E-state index in [4.69, 9.17) is 34.7 Å². The number of nitrogens with one attached hydrogen (secondary N) is 4. The van der Waals surface area contributed by atoms with E-state index in [1.807, 2.05) is 42.6 Å². The molecule has 14 heteroatoms. The van der Waals surface area contributed by atoms with E-state index in [9.17, 15) is 14.4 Å². The predicted octanol–water partition coefficient (Wildman–Crippen LogP) is 4.92. The van der Waals surface area contributed by atoms with Crippen LogP contribution >= 0.6 is 35.0 Å². The number of fused-ring (bicyclic) bond motifs is 3. The van der Waals surface area contributed by atoms with Gasteiger partial charge in [-0.25, -0.2) is 0 Å². The van der Waals surface area contributed by atoms with Gasteiger partial charge in [0.15, 0.2) is 0 Å². The summed E-state index contributed by atoms with van der Waals surface area (Å²) < 4.78 is 0. The van der Waals surface area contributed by atoms with Gasteiger partial charge in [-0.05, 0) is 81.1 Å². The molecule has 3 heterocycles. The standard InChI is InChI=1S/C37H46Cl2N8O3S/c1-47-32(19-23-20-43-28-10-3-2-9-24(23)28)36(49)45-21-25-26(38)14-15-27(39)34(25)51-33-13-8-18-42-31(33)22-44-29(11-4-6-16-40)35(48)46-30(37(47)50)12-5-7-17-41/h2-3,8-10,13-15,18,20,29-30,32,43-44H,4-7,11-12,16-17,19,21-22,40-41H2,1H3,(H,45,49)(H,46,48)/t29-,30-,32-/m0/s1. The number of benzene rings is 2. The molecule has 3 amide bonds. The Balaban J connectivity index is 1.57. The van der Waals surface area contributed by atoms with E-state index in [0.717, 1.165) is 27.8 Å². The number of H-pyrrole nitrogens is 1. The number of nitrogens with zero attached hydrogens (tertiary/aromatic N) is 2. The number of pyridine rings is 1. The molecule has 4 aromatic rings. The van der Waals surface area contributed by atoms with Gasteiger partial charge in [0.05, 0.1) is 16.8 Å². The third-order valence-electron chi connectivity index (χ3n) is 9.20. The van der Waals surface area contributed by atoms with Crippen LogP contribution < -0.4 is 27.4 Å². The molecule has 51 heavy (non-hydrogen) atoms. The maximum absolute atomic E-state index is 14.4. The number of rotatable bonds is 10. The molecule has 1 aliphatic heterocycles. The Morgan fingerprint density at radius 2 is 1.61 bits per heavy atom. The lowest BCUT2D eigenvalue weighted by Gasteiger charge is -2.32. The van der Waals surface area contributed by atoms with E-state index in [-0.39, 0.29) is 37.2 Å². The van der Waals surface area contributed by atoms with Crippen LogP contribution in [0.4, 0.5) is 0 Å². The molecule has 2 aromatic carbocycles. The molecule has 0 bridgehead atoms. The topological polar surface area (TPSA) is 171 Å². The van der Waals surface area contributed by atoms with Gasteiger partial charge < -0.3 is 37.3 Å². The lowest BCUT2D eigenvalue weighted by molar-refractivity contribution is -0.142. The van der Waals surface area contributed by atoms with E-state index in [2.05, 4.69) is 25.9 Å². The summed E-state index contributed by atoms with van der Waals surface area (Å²) in [5.74, 6) is -1.05. The summed E-state index contributed by atoms with van der Waals surface area (Å²) in [6.07, 6.45) is 7.44. The minimum Gasteiger partial charge on any atom is -0.361 e. The number of likely N-dealkylation sites (N-methyl/N-ethyl adjacent to an activating group) is 1. The number of unbranched alkanes of at least 4 members (excludes halogenated alkanes) is 2. The second-order valence-electron chi connectivity index (χ2n) is 12.7. The van der Waals surface area contributed by atoms with Crippen LogP contribution in [0.25, 0.3) is 10.9 Å². The second kappa shape index (κ2) is 18.7. The summed E-state index contributed by atoms with van der Waals surface area (Å²) in [6, 6.07) is 12.6. The van der Waals surface area contributed by atoms with Crippen molar-refractivity contribution in [2.45, 2.75) is 86.0 Å². The molecule has 11 nitrogen and oxygen atoms in total. The van der Waals surface area contributed by atoms with Gasteiger partial charge >= 0.3 is 0 Å². The molecule has 0 unspecified atom stereocenters. The highest BCUT2D eigenvalue weighted by Gasteiger charge is 2.34. The van der Waals surface area contributed by atoms with E-state index in [0.29, 0.717) is 71.4 Å². The lowest BCUT2D eigenvalue weighted by Crippen LogP contribution is -2.57. The van der Waals surface area contributed by atoms with Gasteiger partial charge in [0.2, 0.25) is 17.7 Å². The van der Waals surface area contributed by atoms with E-state index >= 15 is 0 Å². The number of para-hydroxylation sites is 1. The Labute approximate surface area is 313 Å². The fraction of sp³-hybridized carbons (Fsp3) is 0.405. The van der Waals surface area contributed by atoms with Gasteiger partial charge in [0, 0.05) is 70.2 Å². The van der Waals surface area contributed by atoms with Crippen LogP contribution in [-0.2, 0) is 33.9 Å². The van der Waals surface area contributed by atoms with Crippen molar-refractivity contribution >= 4 is 63.6 Å². The number of aromatic nitrogens is 2. The first-order valence-electron chi connectivity index (χ1n) is 17.3. The van der Waals surface area contributed by atoms with Crippen LogP contribution in [0, 0.1) is 0 Å². The van der Waals surface area contributed by atoms with Crippen molar-refractivity contribution in [2.75, 3.05) is 20.1 Å². The maximum atomic E-state index is 14.4. The fourth-order valence-corrected chi connectivity index (χ4v) is 7.93. The molecule has 1 aliphatic rings. The zero-order chi connectivity index (χ0) is 36.3. The molecule has 5 rings (SSSR count). The van der Waals surface area contributed by atoms with Crippen molar-refractivity contribution in [3.8, 4) is 0 Å². The summed E-state index contributed by atoms with van der Waals surface area (Å²) in [5, 5.41) is 11.4. The van der Waals surface area contributed by atoms with Crippen molar-refractivity contribution in [3.63, 3.8) is 0 Å². The first kappa shape index (κ1) is 38.6. The molecule has 272 valence electrons. The molecular formula is C37H46Cl2N8O3S. The number of carbonyl (C=O) groups excluding carboxylic acids is 3. The van der Waals surface area contributed by atoms with Gasteiger partial charge in [-0.15, -0.1) is 0 Å². The van der Waals surface area contributed by atoms with Gasteiger partial charge in [0.25, 0.3) is 0 Å². The summed E-state index contributed by atoms with van der Waals surface area (Å²) in [6.45, 7) is 1.31. The molecule has 2 aromatic heterocycles. The minimum atomic E-state index is -0.918. The van der Waals surface area contributed by atoms with Gasteiger partial charge in [-0.1, -0.05) is 59.6 Å². The first-order valence-corrected chi connectivity index (χ1v) is 18.9. The molecule has 0 saturated heterocycles. The highest BCUT2D eigenvalue weighted by Crippen LogP contribution is 2.40. The number of nitrogens with two attached hydrogens (primary N) is 2. The predicted molar refractivity (Wildman–Crippen MR) is 204 cm³/mol. The van der Waals surface area contributed by atoms with Crippen molar-refractivity contribution in [2.24, 2.45) is 11.5 Å². The summed E-state index contributed by atoms with van der Waals surface area (Å²) in [4.78, 5) is 53.6. The van der Waals surface area contributed by atoms with Crippen molar-refractivity contribution < 1.29 is 14.4 Å². The summed E-state index contributed by atoms with van der Waals surface area (Å²) in [5.41, 5.74) is 14.8. The molecule has 8 N–H and O–H groups in total. The smallest absolute Gasteiger partial charge is 0.245 e. The SMILES string of the molecule is CN1C(=O)[C@H](CCCCN)NC(=O)[C@H](CCCCN)NCc2ncccc2Sc2c(Cl)ccc(Cl)c2CNC(=O)[C@@H]1Cc1c[nH]c2ccccc12. The third-order valence-corrected chi connectivity index (χ3v) is 11.2. The third kappa shape index (κ3) is 9.82. The fourth-order valence-electron chi connectivity index (χ4n) is 6.28. The van der Waals surface area contributed by atoms with E-state index < -0.39 is 18.1 Å². The Morgan fingerprint density at radius 1 is 0.882 bits per heavy atom. The molecule has 0 saturated carbocycles. The first-order chi connectivity index (χ1) is 24.7. The molecule has 0 fully saturated rings. The molecular weight excluding hydrogens is 707 g/mol. The maximum Gasteiger partial charge on any atom is 0.245 e. The van der Waals surface area contributed by atoms with Crippen LogP contribution in [0.15, 0.2) is 70.7 Å². The highest BCUT2D eigenvalue weighted by atomic mass is 35.5. The molecule has 0 aliphatic carbocycles. The Kier molecular flexibility index (Phi) is 14.2. The quantitative estimate of drug-likeness (QED) is 0.124. The second-order valence-corrected chi connectivity index (χ2v) is 14.6. The van der Waals surface area contributed by atoms with Crippen molar-refractivity contribution in [1.29, 1.82) is 0 Å². The van der Waals surface area contributed by atoms with Crippen LogP contribution in [0.2, 0.25) is 10.0 Å². The van der Waals surface area contributed by atoms with E-state index in [1.165, 1.54) is 16.7 Å². The summed E-state index contributed by atoms with van der Waals surface area (Å²) >= 11 is 15.0. The average Bonchev–Trinajstić information content (AvgIpc) is 3.55. The molecule has 0 spiro atoms. The Bertz CT molecular complexity index is 1820. The van der Waals surface area contributed by atoms with Crippen LogP contribution in [0.5, 0.6) is 0 Å². The minimum absolute atomic E-state index is 0.0701. The largest absolute Gasteiger partial charge is 0.361 e. The lowest BCUT2D eigenvalue weighted by atomic mass is 10.0. The Morgan fingerprint density at radius 3 is 2.37 bits per heavy atom. The Hall–Kier alpha value is -3.65. The van der Waals surface area contributed by atoms with Crippen LogP contribution in [0.1, 0.15) is 55.3 Å². The van der Waals surface area contributed by atoms with Gasteiger partial charge in [-0.2, -0.15) is 0 Å². The molecule has 3 atom stereocenters. The van der Waals surface area contributed by atoms with Crippen LogP contribution in [0.3, 0.4) is 0 Å². The number of halogens is 2. The monoisotopic (exact) mass is 752 g/mol. The number of hydrogen-bond acceptors (Lipinski definition) is 8. The molecule has 0 radical (unpaired) electrons. The average molecular weight is 754 g/mol. The van der Waals surface area contributed by atoms with Gasteiger partial charge in [-0.3, -0.25) is 19.4 Å². The zero-order valence-corrected chi connectivity index (χ0v) is 31.1. The van der Waals surface area contributed by atoms with Crippen LogP contribution in [-0.4, -0.2) is 70.9 Å². The zero-order valence-electron chi connectivity index (χ0n) is 28.7. The normalized spacial score (nSPS) is 19.3. The van der Waals surface area contributed by atoms with Crippen molar-refractivity contribution in [1.82, 2.24) is 30.8 Å². The number of carbonyl (C=O) groups is 3.